The summed E-state index contributed by atoms with van der Waals surface area (Å²) < 4.78 is 40.2. The Morgan fingerprint density at radius 1 is 1.26 bits per heavy atom. The Morgan fingerprint density at radius 3 is 2.68 bits per heavy atom. The molecule has 0 heterocycles. The molecule has 4 heteroatoms. The molecule has 1 aromatic rings. The minimum absolute atomic E-state index is 0.298. The van der Waals surface area contributed by atoms with Crippen molar-refractivity contribution in [2.75, 3.05) is 6.54 Å². The highest BCUT2D eigenvalue weighted by atomic mass is 19.2. The summed E-state index contributed by atoms with van der Waals surface area (Å²) >= 11 is 0. The number of halogens is 3. The minimum Gasteiger partial charge on any atom is -0.314 e. The van der Waals surface area contributed by atoms with Crippen LogP contribution in [0.15, 0.2) is 12.1 Å². The van der Waals surface area contributed by atoms with Crippen molar-refractivity contribution < 1.29 is 13.2 Å². The standard InChI is InChI=1S/C15H20F3N/c1-3-8-19-10-6-7-15(2,9-10)11-4-5-12(16)14(18)13(11)17/h4-5,10,19H,3,6-9H2,1-2H3. The topological polar surface area (TPSA) is 12.0 Å². The van der Waals surface area contributed by atoms with E-state index in [1.54, 1.807) is 0 Å². The van der Waals surface area contributed by atoms with Crippen LogP contribution >= 0.6 is 0 Å². The maximum Gasteiger partial charge on any atom is 0.194 e. The van der Waals surface area contributed by atoms with Crippen molar-refractivity contribution in [3.63, 3.8) is 0 Å². The second-order valence-electron chi connectivity index (χ2n) is 5.68. The number of benzene rings is 1. The average Bonchev–Trinajstić information content (AvgIpc) is 2.76. The van der Waals surface area contributed by atoms with Gasteiger partial charge in [-0.2, -0.15) is 0 Å². The number of rotatable bonds is 4. The lowest BCUT2D eigenvalue weighted by atomic mass is 9.80. The van der Waals surface area contributed by atoms with E-state index in [4.69, 9.17) is 0 Å². The van der Waals surface area contributed by atoms with Gasteiger partial charge in [0.2, 0.25) is 0 Å². The summed E-state index contributed by atoms with van der Waals surface area (Å²) in [6, 6.07) is 2.74. The minimum atomic E-state index is -1.36. The summed E-state index contributed by atoms with van der Waals surface area (Å²) in [5.74, 6) is -3.51. The molecular weight excluding hydrogens is 251 g/mol. The molecule has 0 aromatic heterocycles. The molecule has 0 aliphatic heterocycles. The third-order valence-corrected chi connectivity index (χ3v) is 4.11. The monoisotopic (exact) mass is 271 g/mol. The molecule has 1 nitrogen and oxygen atoms in total. The number of hydrogen-bond donors (Lipinski definition) is 1. The van der Waals surface area contributed by atoms with Crippen molar-refractivity contribution in [1.29, 1.82) is 0 Å². The molecule has 19 heavy (non-hydrogen) atoms. The Morgan fingerprint density at radius 2 is 2.00 bits per heavy atom. The van der Waals surface area contributed by atoms with Crippen LogP contribution in [0.2, 0.25) is 0 Å². The van der Waals surface area contributed by atoms with E-state index in [9.17, 15) is 13.2 Å². The van der Waals surface area contributed by atoms with Crippen molar-refractivity contribution in [2.45, 2.75) is 51.0 Å². The predicted molar refractivity (Wildman–Crippen MR) is 69.6 cm³/mol. The van der Waals surface area contributed by atoms with Gasteiger partial charge in [-0.15, -0.1) is 0 Å². The van der Waals surface area contributed by atoms with Gasteiger partial charge in [0.05, 0.1) is 0 Å². The van der Waals surface area contributed by atoms with Crippen LogP contribution < -0.4 is 5.32 Å². The van der Waals surface area contributed by atoms with E-state index >= 15 is 0 Å². The first-order valence-corrected chi connectivity index (χ1v) is 6.85. The fourth-order valence-electron chi connectivity index (χ4n) is 3.00. The number of nitrogens with one attached hydrogen (secondary N) is 1. The van der Waals surface area contributed by atoms with Crippen molar-refractivity contribution >= 4 is 0 Å². The van der Waals surface area contributed by atoms with Crippen LogP contribution in [-0.4, -0.2) is 12.6 Å². The first-order chi connectivity index (χ1) is 8.98. The molecule has 1 aliphatic carbocycles. The van der Waals surface area contributed by atoms with Crippen LogP contribution in [0.4, 0.5) is 13.2 Å². The SMILES string of the molecule is CCCNC1CCC(C)(c2ccc(F)c(F)c2F)C1. The van der Waals surface area contributed by atoms with Gasteiger partial charge < -0.3 is 5.32 Å². The van der Waals surface area contributed by atoms with E-state index in [-0.39, 0.29) is 0 Å². The van der Waals surface area contributed by atoms with E-state index < -0.39 is 22.9 Å². The third-order valence-electron chi connectivity index (χ3n) is 4.11. The smallest absolute Gasteiger partial charge is 0.194 e. The van der Waals surface area contributed by atoms with Gasteiger partial charge in [0.1, 0.15) is 0 Å². The lowest BCUT2D eigenvalue weighted by Crippen LogP contribution is -2.30. The summed E-state index contributed by atoms with van der Waals surface area (Å²) in [6.45, 7) is 4.95. The van der Waals surface area contributed by atoms with E-state index in [0.29, 0.717) is 11.6 Å². The summed E-state index contributed by atoms with van der Waals surface area (Å²) in [5.41, 5.74) is -0.114. The normalized spacial score (nSPS) is 26.9. The quantitative estimate of drug-likeness (QED) is 0.819. The van der Waals surface area contributed by atoms with Crippen LogP contribution in [0.5, 0.6) is 0 Å². The van der Waals surface area contributed by atoms with Crippen LogP contribution in [0, 0.1) is 17.5 Å². The second kappa shape index (κ2) is 5.53. The third kappa shape index (κ3) is 2.78. The Kier molecular flexibility index (Phi) is 4.19. The van der Waals surface area contributed by atoms with Crippen LogP contribution in [-0.2, 0) is 5.41 Å². The Labute approximate surface area is 112 Å². The van der Waals surface area contributed by atoms with Gasteiger partial charge >= 0.3 is 0 Å². The van der Waals surface area contributed by atoms with E-state index in [1.807, 2.05) is 6.92 Å². The molecule has 0 bridgehead atoms. The molecule has 2 rings (SSSR count). The molecule has 2 unspecified atom stereocenters. The van der Waals surface area contributed by atoms with Gasteiger partial charge in [0, 0.05) is 6.04 Å². The highest BCUT2D eigenvalue weighted by molar-refractivity contribution is 5.29. The maximum atomic E-state index is 13.9. The van der Waals surface area contributed by atoms with Gasteiger partial charge in [-0.25, -0.2) is 13.2 Å². The maximum absolute atomic E-state index is 13.9. The van der Waals surface area contributed by atoms with Crippen LogP contribution in [0.25, 0.3) is 0 Å². The van der Waals surface area contributed by atoms with Crippen LogP contribution in [0.3, 0.4) is 0 Å². The highest BCUT2D eigenvalue weighted by Crippen LogP contribution is 2.42. The Balaban J connectivity index is 2.20. The molecule has 2 atom stereocenters. The Hall–Kier alpha value is -1.03. The fraction of sp³-hybridized carbons (Fsp3) is 0.600. The molecule has 0 amide bonds. The molecular formula is C15H20F3N. The second-order valence-corrected chi connectivity index (χ2v) is 5.68. The molecule has 0 saturated heterocycles. The predicted octanol–water partition coefficient (Wildman–Crippen LogP) is 3.91. The zero-order valence-corrected chi connectivity index (χ0v) is 11.4. The summed E-state index contributed by atoms with van der Waals surface area (Å²) in [7, 11) is 0. The summed E-state index contributed by atoms with van der Waals surface area (Å²) in [5, 5.41) is 3.41. The molecule has 1 aromatic carbocycles. The van der Waals surface area contributed by atoms with E-state index in [2.05, 4.69) is 12.2 Å². The Bertz CT molecular complexity index is 461. The van der Waals surface area contributed by atoms with Crippen molar-refractivity contribution in [1.82, 2.24) is 5.32 Å². The first-order valence-electron chi connectivity index (χ1n) is 6.85. The van der Waals surface area contributed by atoms with Gasteiger partial charge in [-0.3, -0.25) is 0 Å². The van der Waals surface area contributed by atoms with E-state index in [0.717, 1.165) is 38.3 Å². The zero-order valence-electron chi connectivity index (χ0n) is 11.4. The van der Waals surface area contributed by atoms with Crippen LogP contribution in [0.1, 0.15) is 45.1 Å². The van der Waals surface area contributed by atoms with Crippen molar-refractivity contribution in [2.24, 2.45) is 0 Å². The lowest BCUT2D eigenvalue weighted by Gasteiger charge is -2.26. The average molecular weight is 271 g/mol. The largest absolute Gasteiger partial charge is 0.314 e. The van der Waals surface area contributed by atoms with Gasteiger partial charge in [-0.05, 0) is 49.3 Å². The summed E-state index contributed by atoms with van der Waals surface area (Å²) in [4.78, 5) is 0. The van der Waals surface area contributed by atoms with Crippen molar-refractivity contribution in [3.05, 3.63) is 35.1 Å². The van der Waals surface area contributed by atoms with Crippen molar-refractivity contribution in [3.8, 4) is 0 Å². The summed E-state index contributed by atoms with van der Waals surface area (Å²) in [6.07, 6.45) is 3.53. The molecule has 106 valence electrons. The van der Waals surface area contributed by atoms with E-state index in [1.165, 1.54) is 6.07 Å². The lowest BCUT2D eigenvalue weighted by molar-refractivity contribution is 0.396. The molecule has 1 N–H and O–H groups in total. The van der Waals surface area contributed by atoms with Gasteiger partial charge in [0.25, 0.3) is 0 Å². The number of hydrogen-bond acceptors (Lipinski definition) is 1. The van der Waals surface area contributed by atoms with Gasteiger partial charge in [-0.1, -0.05) is 19.9 Å². The highest BCUT2D eigenvalue weighted by Gasteiger charge is 2.38. The zero-order chi connectivity index (χ0) is 14.0. The van der Waals surface area contributed by atoms with Gasteiger partial charge in [0.15, 0.2) is 17.5 Å². The molecule has 1 aliphatic rings. The molecule has 1 saturated carbocycles. The molecule has 1 fully saturated rings. The first kappa shape index (κ1) is 14.4. The molecule has 0 spiro atoms. The molecule has 0 radical (unpaired) electrons. The fourth-order valence-corrected chi connectivity index (χ4v) is 3.00.